The van der Waals surface area contributed by atoms with E-state index in [-0.39, 0.29) is 0 Å². The van der Waals surface area contributed by atoms with E-state index in [1.54, 1.807) is 0 Å². The van der Waals surface area contributed by atoms with Crippen LogP contribution in [0.5, 0.6) is 0 Å². The summed E-state index contributed by atoms with van der Waals surface area (Å²) in [6, 6.07) is 66.6. The number of aromatic nitrogens is 1. The fourth-order valence-corrected chi connectivity index (χ4v) is 8.78. The second kappa shape index (κ2) is 12.0. The molecule has 0 aliphatic carbocycles. The van der Waals surface area contributed by atoms with Gasteiger partial charge in [-0.15, -0.1) is 0 Å². The summed E-state index contributed by atoms with van der Waals surface area (Å²) < 4.78 is 13.2. The zero-order valence-corrected chi connectivity index (χ0v) is 30.2. The van der Waals surface area contributed by atoms with Gasteiger partial charge in [-0.05, 0) is 69.4 Å². The summed E-state index contributed by atoms with van der Waals surface area (Å²) in [6.45, 7) is 0. The van der Waals surface area contributed by atoms with Crippen molar-refractivity contribution in [3.8, 4) is 44.6 Å². The molecule has 3 nitrogen and oxygen atoms in total. The summed E-state index contributed by atoms with van der Waals surface area (Å²) in [6.07, 6.45) is 0. The minimum absolute atomic E-state index is 0.879. The molecule has 3 aromatic heterocycles. The fraction of sp³-hybridized carbons (Fsp3) is 0. The third-order valence-electron chi connectivity index (χ3n) is 11.5. The Hall–Kier alpha value is -7.49. The maximum Gasteiger partial charge on any atom is 0.143 e. The van der Waals surface area contributed by atoms with Crippen molar-refractivity contribution in [1.82, 2.24) is 4.98 Å². The number of hydrogen-bond acceptors (Lipinski definition) is 3. The largest absolute Gasteiger partial charge is 0.456 e. The van der Waals surface area contributed by atoms with Crippen molar-refractivity contribution in [3.05, 3.63) is 188 Å². The van der Waals surface area contributed by atoms with Crippen molar-refractivity contribution in [3.63, 3.8) is 0 Å². The summed E-state index contributed by atoms with van der Waals surface area (Å²) in [5.41, 5.74) is 13.3. The normalized spacial score (nSPS) is 11.9. The van der Waals surface area contributed by atoms with Gasteiger partial charge in [-0.3, -0.25) is 0 Å². The molecule has 0 fully saturated rings. The SMILES string of the molecule is c1ccc(-c2nc3ccc(-c4ccc(-c5cccc6c5oc5c(-c7ccc8ccccc8c7)cccc56)cc4)cc3c3c2ccc2oc4ccccc4c23)cc1. The summed E-state index contributed by atoms with van der Waals surface area (Å²) in [5, 5.41) is 10.3. The minimum atomic E-state index is 0.879. The Labute approximate surface area is 321 Å². The van der Waals surface area contributed by atoms with E-state index in [0.717, 1.165) is 110 Å². The maximum atomic E-state index is 6.83. The molecule has 0 N–H and O–H groups in total. The number of furan rings is 2. The molecule has 3 heterocycles. The summed E-state index contributed by atoms with van der Waals surface area (Å²) >= 11 is 0. The molecule has 0 bridgehead atoms. The first-order valence-electron chi connectivity index (χ1n) is 19.0. The van der Waals surface area contributed by atoms with Gasteiger partial charge in [0, 0.05) is 54.4 Å². The lowest BCUT2D eigenvalue weighted by Gasteiger charge is -2.13. The van der Waals surface area contributed by atoms with Crippen LogP contribution in [0.25, 0.3) is 121 Å². The predicted octanol–water partition coefficient (Wildman–Crippen LogP) is 15.0. The van der Waals surface area contributed by atoms with Gasteiger partial charge < -0.3 is 8.83 Å². The van der Waals surface area contributed by atoms with Gasteiger partial charge in [0.1, 0.15) is 22.3 Å². The van der Waals surface area contributed by atoms with Crippen molar-refractivity contribution >= 4 is 76.3 Å². The molecular weight excluding hydrogens is 683 g/mol. The van der Waals surface area contributed by atoms with Crippen LogP contribution in [-0.2, 0) is 0 Å². The molecule has 12 aromatic rings. The first kappa shape index (κ1) is 30.9. The third kappa shape index (κ3) is 4.68. The molecule has 0 aliphatic rings. The van der Waals surface area contributed by atoms with E-state index in [4.69, 9.17) is 13.8 Å². The zero-order valence-electron chi connectivity index (χ0n) is 30.2. The third-order valence-corrected chi connectivity index (χ3v) is 11.5. The van der Waals surface area contributed by atoms with E-state index in [1.807, 2.05) is 18.2 Å². The van der Waals surface area contributed by atoms with E-state index in [0.29, 0.717) is 0 Å². The van der Waals surface area contributed by atoms with Gasteiger partial charge in [0.05, 0.1) is 11.2 Å². The lowest BCUT2D eigenvalue weighted by atomic mass is 9.93. The number of nitrogens with zero attached hydrogens (tertiary/aromatic N) is 1. The quantitative estimate of drug-likeness (QED) is 0.170. The molecule has 0 saturated heterocycles. The molecule has 3 heteroatoms. The van der Waals surface area contributed by atoms with Crippen molar-refractivity contribution < 1.29 is 8.83 Å². The molecule has 0 amide bonds. The van der Waals surface area contributed by atoms with Gasteiger partial charge in [-0.2, -0.15) is 0 Å². The van der Waals surface area contributed by atoms with Crippen LogP contribution in [-0.4, -0.2) is 4.98 Å². The van der Waals surface area contributed by atoms with Gasteiger partial charge in [0.25, 0.3) is 0 Å². The summed E-state index contributed by atoms with van der Waals surface area (Å²) in [5.74, 6) is 0. The van der Waals surface area contributed by atoms with Gasteiger partial charge >= 0.3 is 0 Å². The summed E-state index contributed by atoms with van der Waals surface area (Å²) in [4.78, 5) is 5.28. The second-order valence-electron chi connectivity index (χ2n) is 14.6. The van der Waals surface area contributed by atoms with Crippen molar-refractivity contribution in [1.29, 1.82) is 0 Å². The van der Waals surface area contributed by atoms with E-state index < -0.39 is 0 Å². The lowest BCUT2D eigenvalue weighted by molar-refractivity contribution is 0.669. The lowest BCUT2D eigenvalue weighted by Crippen LogP contribution is -1.91. The van der Waals surface area contributed by atoms with E-state index in [9.17, 15) is 0 Å². The molecule has 12 rings (SSSR count). The molecule has 0 radical (unpaired) electrons. The molecule has 0 atom stereocenters. The Morgan fingerprint density at radius 3 is 1.80 bits per heavy atom. The van der Waals surface area contributed by atoms with Crippen LogP contribution in [0.1, 0.15) is 0 Å². The molecule has 56 heavy (non-hydrogen) atoms. The van der Waals surface area contributed by atoms with Crippen LogP contribution in [0.15, 0.2) is 197 Å². The van der Waals surface area contributed by atoms with E-state index in [2.05, 4.69) is 170 Å². The monoisotopic (exact) mass is 713 g/mol. The zero-order chi connectivity index (χ0) is 36.7. The number of fused-ring (bicyclic) bond motifs is 11. The highest BCUT2D eigenvalue weighted by Gasteiger charge is 2.19. The molecule has 0 spiro atoms. The predicted molar refractivity (Wildman–Crippen MR) is 233 cm³/mol. The van der Waals surface area contributed by atoms with Gasteiger partial charge in [0.15, 0.2) is 0 Å². The molecule has 260 valence electrons. The van der Waals surface area contributed by atoms with Crippen LogP contribution in [0.2, 0.25) is 0 Å². The minimum Gasteiger partial charge on any atom is -0.456 e. The van der Waals surface area contributed by atoms with Crippen LogP contribution < -0.4 is 0 Å². The molecule has 0 aliphatic heterocycles. The Morgan fingerprint density at radius 1 is 0.321 bits per heavy atom. The van der Waals surface area contributed by atoms with Crippen LogP contribution >= 0.6 is 0 Å². The first-order chi connectivity index (χ1) is 27.7. The average molecular weight is 714 g/mol. The Morgan fingerprint density at radius 2 is 0.982 bits per heavy atom. The smallest absolute Gasteiger partial charge is 0.143 e. The Balaban J connectivity index is 0.993. The van der Waals surface area contributed by atoms with Crippen LogP contribution in [0.4, 0.5) is 0 Å². The van der Waals surface area contributed by atoms with Gasteiger partial charge in [0.2, 0.25) is 0 Å². The first-order valence-corrected chi connectivity index (χ1v) is 19.0. The Kier molecular flexibility index (Phi) is 6.63. The highest BCUT2D eigenvalue weighted by Crippen LogP contribution is 2.43. The molecular formula is C53H31NO2. The Bertz CT molecular complexity index is 3520. The van der Waals surface area contributed by atoms with Gasteiger partial charge in [-0.1, -0.05) is 152 Å². The number of para-hydroxylation sites is 3. The average Bonchev–Trinajstić information content (AvgIpc) is 3.85. The highest BCUT2D eigenvalue weighted by molar-refractivity contribution is 6.28. The molecule has 9 aromatic carbocycles. The summed E-state index contributed by atoms with van der Waals surface area (Å²) in [7, 11) is 0. The van der Waals surface area contributed by atoms with Crippen molar-refractivity contribution in [2.75, 3.05) is 0 Å². The van der Waals surface area contributed by atoms with Crippen LogP contribution in [0, 0.1) is 0 Å². The number of benzene rings is 9. The van der Waals surface area contributed by atoms with E-state index in [1.165, 1.54) is 10.8 Å². The van der Waals surface area contributed by atoms with Crippen molar-refractivity contribution in [2.24, 2.45) is 0 Å². The second-order valence-corrected chi connectivity index (χ2v) is 14.6. The topological polar surface area (TPSA) is 39.2 Å². The highest BCUT2D eigenvalue weighted by atomic mass is 16.3. The number of hydrogen-bond donors (Lipinski definition) is 0. The van der Waals surface area contributed by atoms with Gasteiger partial charge in [-0.25, -0.2) is 4.98 Å². The van der Waals surface area contributed by atoms with Crippen LogP contribution in [0.3, 0.4) is 0 Å². The molecule has 0 unspecified atom stereocenters. The maximum absolute atomic E-state index is 6.83. The number of pyridine rings is 1. The molecule has 0 saturated carbocycles. The number of rotatable bonds is 4. The van der Waals surface area contributed by atoms with E-state index >= 15 is 0 Å². The fourth-order valence-electron chi connectivity index (χ4n) is 8.78. The standard InChI is InChI=1S/C53H31NO2/c1-2-11-35(12-3-1)51-44-27-29-48-50(43-14-6-7-19-47(43)55-48)49(44)45-31-37(26-28-46(45)54-51)33-20-23-34(24-21-33)39-15-8-17-41-42-18-9-16-40(53(42)56-52(39)41)38-25-22-32-10-4-5-13-36(32)30-38/h1-31H. The van der Waals surface area contributed by atoms with Crippen molar-refractivity contribution in [2.45, 2.75) is 0 Å².